The summed E-state index contributed by atoms with van der Waals surface area (Å²) < 4.78 is 21.0. The van der Waals surface area contributed by atoms with E-state index in [0.717, 1.165) is 11.4 Å². The number of allylic oxidation sites excluding steroid dienone is 1. The van der Waals surface area contributed by atoms with E-state index in [1.807, 2.05) is 55.9 Å². The summed E-state index contributed by atoms with van der Waals surface area (Å²) in [5.74, 6) is -0.665. The Labute approximate surface area is 205 Å². The van der Waals surface area contributed by atoms with Crippen molar-refractivity contribution in [3.05, 3.63) is 63.8 Å². The first kappa shape index (κ1) is 25.2. The Morgan fingerprint density at radius 1 is 1.20 bits per heavy atom. The van der Waals surface area contributed by atoms with Crippen LogP contribution in [0.5, 0.6) is 0 Å². The van der Waals surface area contributed by atoms with E-state index in [9.17, 15) is 14.7 Å². The lowest BCUT2D eigenvalue weighted by Gasteiger charge is -2.38. The predicted molar refractivity (Wildman–Crippen MR) is 130 cm³/mol. The van der Waals surface area contributed by atoms with Crippen LogP contribution in [0.1, 0.15) is 36.9 Å². The van der Waals surface area contributed by atoms with Gasteiger partial charge in [-0.25, -0.2) is 4.68 Å². The van der Waals surface area contributed by atoms with E-state index in [1.54, 1.807) is 15.7 Å². The van der Waals surface area contributed by atoms with Crippen LogP contribution in [0.25, 0.3) is 5.69 Å². The van der Waals surface area contributed by atoms with E-state index in [2.05, 4.69) is 0 Å². The molecule has 2 aliphatic heterocycles. The van der Waals surface area contributed by atoms with Crippen molar-refractivity contribution in [3.63, 3.8) is 0 Å². The molecule has 0 saturated carbocycles. The topological polar surface area (TPSA) is 95.2 Å². The van der Waals surface area contributed by atoms with Crippen LogP contribution in [-0.2, 0) is 26.1 Å². The van der Waals surface area contributed by atoms with E-state index in [1.165, 1.54) is 0 Å². The maximum absolute atomic E-state index is 13.8. The second-order valence-electron chi connectivity index (χ2n) is 8.91. The molecule has 2 aromatic rings. The Morgan fingerprint density at radius 2 is 1.91 bits per heavy atom. The summed E-state index contributed by atoms with van der Waals surface area (Å²) in [6.45, 7) is 6.15. The van der Waals surface area contributed by atoms with E-state index < -0.39 is 12.2 Å². The molecule has 9 heteroatoms. The zero-order valence-electron chi connectivity index (χ0n) is 20.7. The fraction of sp³-hybridized carbons (Fsp3) is 0.538. The summed E-state index contributed by atoms with van der Waals surface area (Å²) >= 11 is 0. The van der Waals surface area contributed by atoms with Crippen LogP contribution < -0.4 is 5.56 Å². The molecule has 0 aliphatic carbocycles. The number of rotatable bonds is 8. The molecule has 1 fully saturated rings. The van der Waals surface area contributed by atoms with Gasteiger partial charge in [-0.3, -0.25) is 14.3 Å². The number of para-hydroxylation sites is 1. The third kappa shape index (κ3) is 5.07. The zero-order valence-corrected chi connectivity index (χ0v) is 20.7. The van der Waals surface area contributed by atoms with Gasteiger partial charge in [0.15, 0.2) is 5.76 Å². The number of nitrogens with zero attached hydrogens (tertiary/aromatic N) is 3. The molecule has 0 bridgehead atoms. The van der Waals surface area contributed by atoms with Gasteiger partial charge in [0.25, 0.3) is 11.5 Å². The molecule has 1 aromatic heterocycles. The van der Waals surface area contributed by atoms with Crippen molar-refractivity contribution >= 4 is 5.91 Å². The lowest BCUT2D eigenvalue weighted by molar-refractivity contribution is -0.171. The first-order valence-electron chi connectivity index (χ1n) is 12.3. The van der Waals surface area contributed by atoms with Gasteiger partial charge in [0.1, 0.15) is 0 Å². The van der Waals surface area contributed by atoms with Crippen LogP contribution in [0.4, 0.5) is 0 Å². The first-order valence-corrected chi connectivity index (χ1v) is 12.3. The molecule has 190 valence electrons. The molecule has 0 radical (unpaired) electrons. The second kappa shape index (κ2) is 11.2. The Balaban J connectivity index is 1.82. The van der Waals surface area contributed by atoms with Crippen molar-refractivity contribution in [2.45, 2.75) is 38.9 Å². The number of morpholine rings is 1. The van der Waals surface area contributed by atoms with Gasteiger partial charge >= 0.3 is 0 Å². The molecule has 1 aromatic carbocycles. The van der Waals surface area contributed by atoms with E-state index in [0.29, 0.717) is 51.3 Å². The SMILES string of the molecule is CCO[C@@H]1OC(C(=O)N2CCOCC2)=C[C@H](c2c(C)n(C)n(-c3ccccc3)c2=O)[C@H]1CCCO. The van der Waals surface area contributed by atoms with Gasteiger partial charge in [-0.2, -0.15) is 0 Å². The van der Waals surface area contributed by atoms with Gasteiger partial charge < -0.3 is 24.2 Å². The first-order chi connectivity index (χ1) is 17.0. The van der Waals surface area contributed by atoms with Crippen molar-refractivity contribution in [2.24, 2.45) is 13.0 Å². The smallest absolute Gasteiger partial charge is 0.288 e. The number of aromatic nitrogens is 2. The van der Waals surface area contributed by atoms with Gasteiger partial charge in [-0.1, -0.05) is 18.2 Å². The Bertz CT molecular complexity index is 1100. The highest BCUT2D eigenvalue weighted by Crippen LogP contribution is 2.40. The molecule has 1 saturated heterocycles. The number of amides is 1. The van der Waals surface area contributed by atoms with Crippen molar-refractivity contribution in [3.8, 4) is 5.69 Å². The van der Waals surface area contributed by atoms with Crippen LogP contribution in [-0.4, -0.2) is 71.1 Å². The highest BCUT2D eigenvalue weighted by atomic mass is 16.7. The summed E-state index contributed by atoms with van der Waals surface area (Å²) in [4.78, 5) is 28.9. The number of carbonyl (C=O) groups excluding carboxylic acids is 1. The molecule has 0 unspecified atom stereocenters. The number of hydrogen-bond acceptors (Lipinski definition) is 6. The van der Waals surface area contributed by atoms with Gasteiger partial charge in [0.2, 0.25) is 6.29 Å². The molecule has 1 N–H and O–H groups in total. The minimum Gasteiger partial charge on any atom is -0.459 e. The highest BCUT2D eigenvalue weighted by molar-refractivity contribution is 5.92. The van der Waals surface area contributed by atoms with Crippen molar-refractivity contribution < 1.29 is 24.1 Å². The Kier molecular flexibility index (Phi) is 8.10. The molecular formula is C26H35N3O6. The van der Waals surface area contributed by atoms with Crippen molar-refractivity contribution in [1.29, 1.82) is 0 Å². The molecular weight excluding hydrogens is 450 g/mol. The molecule has 0 spiro atoms. The van der Waals surface area contributed by atoms with Crippen LogP contribution in [0.15, 0.2) is 47.0 Å². The van der Waals surface area contributed by atoms with Gasteiger partial charge in [-0.15, -0.1) is 0 Å². The minimum absolute atomic E-state index is 0.0212. The van der Waals surface area contributed by atoms with Crippen LogP contribution in [0.2, 0.25) is 0 Å². The number of aliphatic hydroxyl groups excluding tert-OH is 1. The maximum Gasteiger partial charge on any atom is 0.288 e. The summed E-state index contributed by atoms with van der Waals surface area (Å²) in [5.41, 5.74) is 2.05. The minimum atomic E-state index is -0.703. The fourth-order valence-electron chi connectivity index (χ4n) is 4.99. The van der Waals surface area contributed by atoms with Crippen LogP contribution >= 0.6 is 0 Å². The second-order valence-corrected chi connectivity index (χ2v) is 8.91. The van der Waals surface area contributed by atoms with Gasteiger partial charge in [0.05, 0.1) is 18.9 Å². The summed E-state index contributed by atoms with van der Waals surface area (Å²) in [7, 11) is 1.86. The summed E-state index contributed by atoms with van der Waals surface area (Å²) in [5, 5.41) is 9.55. The Hall–Kier alpha value is -2.88. The number of benzene rings is 1. The number of hydrogen-bond donors (Lipinski definition) is 1. The monoisotopic (exact) mass is 485 g/mol. The largest absolute Gasteiger partial charge is 0.459 e. The molecule has 3 heterocycles. The van der Waals surface area contributed by atoms with Crippen molar-refractivity contribution in [2.75, 3.05) is 39.5 Å². The quantitative estimate of drug-likeness (QED) is 0.615. The molecule has 3 atom stereocenters. The summed E-state index contributed by atoms with van der Waals surface area (Å²) in [6.07, 6.45) is 2.20. The lowest BCUT2D eigenvalue weighted by atomic mass is 9.80. The molecule has 9 nitrogen and oxygen atoms in total. The fourth-order valence-corrected chi connectivity index (χ4v) is 4.99. The standard InChI is InChI=1S/C26H35N3O6/c1-4-34-26-20(11-8-14-30)21(17-22(35-26)24(31)28-12-15-33-16-13-28)23-18(2)27(3)29(25(23)32)19-9-6-5-7-10-19/h5-7,9-10,17,20-21,26,30H,4,8,11-16H2,1-3H3/t20-,21+,26-/m1/s1. The Morgan fingerprint density at radius 3 is 2.57 bits per heavy atom. The van der Waals surface area contributed by atoms with E-state index >= 15 is 0 Å². The zero-order chi connectivity index (χ0) is 24.9. The third-order valence-corrected chi connectivity index (χ3v) is 6.85. The lowest BCUT2D eigenvalue weighted by Crippen LogP contribution is -2.45. The van der Waals surface area contributed by atoms with Gasteiger partial charge in [0, 0.05) is 56.4 Å². The number of carbonyl (C=O) groups is 1. The van der Waals surface area contributed by atoms with Crippen molar-refractivity contribution in [1.82, 2.24) is 14.3 Å². The van der Waals surface area contributed by atoms with Crippen LogP contribution in [0, 0.1) is 12.8 Å². The third-order valence-electron chi connectivity index (χ3n) is 6.85. The van der Waals surface area contributed by atoms with E-state index in [4.69, 9.17) is 14.2 Å². The predicted octanol–water partition coefficient (Wildman–Crippen LogP) is 2.09. The molecule has 4 rings (SSSR count). The van der Waals surface area contributed by atoms with E-state index in [-0.39, 0.29) is 29.8 Å². The van der Waals surface area contributed by atoms with Crippen LogP contribution in [0.3, 0.4) is 0 Å². The average molecular weight is 486 g/mol. The summed E-state index contributed by atoms with van der Waals surface area (Å²) in [6, 6.07) is 9.49. The molecule has 35 heavy (non-hydrogen) atoms. The molecule has 2 aliphatic rings. The highest BCUT2D eigenvalue weighted by Gasteiger charge is 2.41. The number of ether oxygens (including phenoxy) is 3. The average Bonchev–Trinajstić information content (AvgIpc) is 3.11. The van der Waals surface area contributed by atoms with Gasteiger partial charge in [-0.05, 0) is 44.9 Å². The normalized spacial score (nSPS) is 22.6. The molecule has 1 amide bonds. The number of aliphatic hydroxyl groups is 1. The maximum atomic E-state index is 13.8.